The average molecular weight is 797 g/mol. The van der Waals surface area contributed by atoms with Crippen LogP contribution < -0.4 is 0 Å². The number of aromatic nitrogens is 3. The minimum atomic E-state index is -3.36. The number of phenolic OH excluding ortho intramolecular Hbond substituents is 1. The highest BCUT2D eigenvalue weighted by Gasteiger charge is 2.24. The number of phenols is 1. The van der Waals surface area contributed by atoms with Gasteiger partial charge < -0.3 is 5.11 Å². The van der Waals surface area contributed by atoms with Gasteiger partial charge in [-0.25, -0.2) is 4.98 Å². The smallest absolute Gasteiger partial charge is 0.149 e. The van der Waals surface area contributed by atoms with E-state index in [1.165, 1.54) is 23.3 Å². The fourth-order valence-corrected chi connectivity index (χ4v) is 8.18. The Morgan fingerprint density at radius 1 is 0.633 bits per heavy atom. The molecular formula is C56H57N3O. The summed E-state index contributed by atoms with van der Waals surface area (Å²) in [5.41, 5.74) is 10.5. The zero-order valence-electron chi connectivity index (χ0n) is 44.4. The van der Waals surface area contributed by atoms with Gasteiger partial charge >= 0.3 is 0 Å². The molecule has 0 aliphatic rings. The molecule has 1 N–H and O–H groups in total. The van der Waals surface area contributed by atoms with Crippen LogP contribution in [0.1, 0.15) is 95.3 Å². The molecule has 0 atom stereocenters. The molecule has 4 heteroatoms. The number of aryl methyl sites for hydroxylation is 2. The van der Waals surface area contributed by atoms with E-state index in [0.29, 0.717) is 34.1 Å². The second-order valence-electron chi connectivity index (χ2n) is 17.5. The second-order valence-corrected chi connectivity index (χ2v) is 17.5. The van der Waals surface area contributed by atoms with Crippen LogP contribution in [0.25, 0.3) is 72.7 Å². The van der Waals surface area contributed by atoms with E-state index in [4.69, 9.17) is 22.3 Å². The molecule has 60 heavy (non-hydrogen) atoms. The Balaban J connectivity index is 1.30. The second kappa shape index (κ2) is 15.7. The minimum Gasteiger partial charge on any atom is -0.507 e. The van der Waals surface area contributed by atoms with Crippen LogP contribution in [0.15, 0.2) is 140 Å². The van der Waals surface area contributed by atoms with Gasteiger partial charge in [0.1, 0.15) is 11.6 Å². The number of pyridine rings is 1. The first kappa shape index (κ1) is 30.7. The van der Waals surface area contributed by atoms with Crippen molar-refractivity contribution in [3.63, 3.8) is 0 Å². The molecule has 0 fully saturated rings. The zero-order valence-corrected chi connectivity index (χ0v) is 35.4. The van der Waals surface area contributed by atoms with E-state index in [1.54, 1.807) is 24.4 Å². The molecule has 0 aliphatic carbocycles. The molecule has 0 amide bonds. The van der Waals surface area contributed by atoms with Crippen LogP contribution in [-0.2, 0) is 17.3 Å². The van der Waals surface area contributed by atoms with Crippen molar-refractivity contribution in [1.29, 1.82) is 0 Å². The summed E-state index contributed by atoms with van der Waals surface area (Å²) in [6, 6.07) is 43.0. The van der Waals surface area contributed by atoms with E-state index in [1.807, 2.05) is 44.2 Å². The van der Waals surface area contributed by atoms with E-state index < -0.39 is 26.0 Å². The Labute approximate surface area is 369 Å². The first-order valence-electron chi connectivity index (χ1n) is 25.0. The highest BCUT2D eigenvalue weighted by atomic mass is 16.3. The number of hydrogen-bond donors (Lipinski definition) is 1. The summed E-state index contributed by atoms with van der Waals surface area (Å²) in [5.74, 6) is 1.19. The molecule has 0 saturated heterocycles. The number of para-hydroxylation sites is 1. The molecule has 302 valence electrons. The number of fused-ring (bicyclic) bond motifs is 1. The van der Waals surface area contributed by atoms with Gasteiger partial charge in [-0.15, -0.1) is 0 Å². The Kier molecular flexibility index (Phi) is 8.06. The monoisotopic (exact) mass is 797 g/mol. The third-order valence-corrected chi connectivity index (χ3v) is 11.2. The topological polar surface area (TPSA) is 50.9 Å². The quantitative estimate of drug-likeness (QED) is 0.167. The maximum atomic E-state index is 11.7. The number of aromatic hydroxyl groups is 1. The van der Waals surface area contributed by atoms with E-state index in [9.17, 15) is 5.11 Å². The summed E-state index contributed by atoms with van der Waals surface area (Å²) in [5, 5.41) is 11.7. The number of hydrogen-bond acceptors (Lipinski definition) is 3. The lowest BCUT2D eigenvalue weighted by atomic mass is 9.83. The molecule has 0 spiro atoms. The van der Waals surface area contributed by atoms with Gasteiger partial charge in [-0.3, -0.25) is 9.55 Å². The lowest BCUT2D eigenvalue weighted by Crippen LogP contribution is -2.11. The van der Waals surface area contributed by atoms with Gasteiger partial charge in [-0.05, 0) is 141 Å². The van der Waals surface area contributed by atoms with Crippen molar-refractivity contribution >= 4 is 11.0 Å². The van der Waals surface area contributed by atoms with Crippen molar-refractivity contribution in [2.24, 2.45) is 5.92 Å². The Morgan fingerprint density at radius 3 is 2.10 bits per heavy atom. The van der Waals surface area contributed by atoms with Crippen molar-refractivity contribution in [3.8, 4) is 67.5 Å². The first-order valence-corrected chi connectivity index (χ1v) is 20.5. The zero-order chi connectivity index (χ0) is 50.0. The molecule has 0 radical (unpaired) electrons. The predicted molar refractivity (Wildman–Crippen MR) is 253 cm³/mol. The lowest BCUT2D eigenvalue weighted by molar-refractivity contribution is 0.472. The molecular weight excluding hydrogens is 731 g/mol. The lowest BCUT2D eigenvalue weighted by Gasteiger charge is -2.22. The van der Waals surface area contributed by atoms with E-state index >= 15 is 0 Å². The van der Waals surface area contributed by atoms with Crippen LogP contribution in [0.3, 0.4) is 0 Å². The van der Waals surface area contributed by atoms with E-state index in [0.717, 1.165) is 62.1 Å². The maximum absolute atomic E-state index is 11.7. The average Bonchev–Trinajstić information content (AvgIpc) is 3.66. The summed E-state index contributed by atoms with van der Waals surface area (Å²) in [6.45, 7) is 4.77. The van der Waals surface area contributed by atoms with Gasteiger partial charge in [0, 0.05) is 35.3 Å². The number of benzene rings is 6. The molecule has 6 aromatic carbocycles. The van der Waals surface area contributed by atoms with Crippen LogP contribution in [0.2, 0.25) is 0 Å². The van der Waals surface area contributed by atoms with Crippen molar-refractivity contribution < 1.29 is 17.4 Å². The summed E-state index contributed by atoms with van der Waals surface area (Å²) in [4.78, 5) is 10.3. The van der Waals surface area contributed by atoms with Crippen LogP contribution >= 0.6 is 0 Å². The van der Waals surface area contributed by atoms with E-state index in [2.05, 4.69) is 112 Å². The Hall–Kier alpha value is -6.26. The standard InChI is InChI=1S/C56H57N3O/c1-35(2)27-41-33-46(23-24-47(41)39-15-12-11-13-16-39)59-51-18-14-17-48(52(51)58-54(59)49-29-36(3)28-37(4)53(49)60)42-30-43(32-45(31-42)56(8,9)10)50-34-40(25-26-57-50)38-19-21-44(22-20-38)55(5,6)7/h11-26,28-35,60H,27H2,1-10H3/i5D3,6D3,7D3. The fraction of sp³-hybridized carbons (Fsp3) is 0.250. The predicted octanol–water partition coefficient (Wildman–Crippen LogP) is 14.9. The van der Waals surface area contributed by atoms with E-state index in [-0.39, 0.29) is 16.7 Å². The molecule has 8 aromatic rings. The van der Waals surface area contributed by atoms with Crippen LogP contribution in [0, 0.1) is 19.8 Å². The van der Waals surface area contributed by atoms with Gasteiger partial charge in [0.2, 0.25) is 0 Å². The molecule has 0 aliphatic heterocycles. The number of imidazole rings is 1. The number of nitrogens with zero attached hydrogens (tertiary/aromatic N) is 3. The fourth-order valence-electron chi connectivity index (χ4n) is 8.18. The van der Waals surface area contributed by atoms with Gasteiger partial charge in [0.05, 0.1) is 22.3 Å². The van der Waals surface area contributed by atoms with Crippen LogP contribution in [0.4, 0.5) is 0 Å². The number of rotatable bonds is 8. The molecule has 4 nitrogen and oxygen atoms in total. The molecule has 0 unspecified atom stereocenters. The minimum absolute atomic E-state index is 0.172. The highest BCUT2D eigenvalue weighted by Crippen LogP contribution is 2.42. The molecule has 2 aromatic heterocycles. The normalized spacial score (nSPS) is 15.0. The van der Waals surface area contributed by atoms with Gasteiger partial charge in [-0.2, -0.15) is 0 Å². The highest BCUT2D eigenvalue weighted by molar-refractivity contribution is 5.97. The SMILES string of the molecule is [2H]C([2H])([2H])C(c1ccc(-c2ccnc(-c3cc(-c4cccc5c4nc(-c4cc(C)cc(C)c4O)n5-c4ccc(-c5ccccc5)c(CC(C)C)c4)cc(C(C)(C)C)c3)c2)cc1)(C([2H])([2H])[2H])C([2H])([2H])[2H]. The molecule has 0 saturated carbocycles. The molecule has 8 rings (SSSR count). The van der Waals surface area contributed by atoms with Crippen molar-refractivity contribution in [1.82, 2.24) is 14.5 Å². The van der Waals surface area contributed by atoms with Crippen LogP contribution in [-0.4, -0.2) is 19.6 Å². The first-order chi connectivity index (χ1) is 32.3. The van der Waals surface area contributed by atoms with Gasteiger partial charge in [-0.1, -0.05) is 140 Å². The third kappa shape index (κ3) is 8.04. The maximum Gasteiger partial charge on any atom is 0.149 e. The van der Waals surface area contributed by atoms with Crippen molar-refractivity contribution in [3.05, 3.63) is 167 Å². The Morgan fingerprint density at radius 2 is 1.38 bits per heavy atom. The van der Waals surface area contributed by atoms with Crippen molar-refractivity contribution in [2.45, 2.75) is 86.3 Å². The summed E-state index contributed by atoms with van der Waals surface area (Å²) >= 11 is 0. The molecule has 2 heterocycles. The summed E-state index contributed by atoms with van der Waals surface area (Å²) < 4.78 is 75.8. The summed E-state index contributed by atoms with van der Waals surface area (Å²) in [7, 11) is 0. The van der Waals surface area contributed by atoms with Gasteiger partial charge in [0.25, 0.3) is 0 Å². The largest absolute Gasteiger partial charge is 0.507 e. The molecule has 0 bridgehead atoms. The third-order valence-electron chi connectivity index (χ3n) is 11.2. The van der Waals surface area contributed by atoms with Gasteiger partial charge in [0.15, 0.2) is 0 Å². The van der Waals surface area contributed by atoms with Crippen LogP contribution in [0.5, 0.6) is 5.75 Å². The Bertz CT molecular complexity index is 3160. The van der Waals surface area contributed by atoms with Crippen molar-refractivity contribution in [2.75, 3.05) is 0 Å². The summed E-state index contributed by atoms with van der Waals surface area (Å²) in [6.07, 6.45) is 2.55.